The highest BCUT2D eigenvalue weighted by atomic mass is 19.4. The lowest BCUT2D eigenvalue weighted by molar-refractivity contribution is -0.164. The molecule has 0 aromatic heterocycles. The number of amides is 2. The Morgan fingerprint density at radius 1 is 1.25 bits per heavy atom. The Kier molecular flexibility index (Phi) is 5.71. The van der Waals surface area contributed by atoms with E-state index in [2.05, 4.69) is 0 Å². The number of hydrogen-bond donors (Lipinski definition) is 0. The molecule has 3 rings (SSSR count). The SMILES string of the molecule is CC(C)CN(CC(F)(F)F)C(=O)C1CC(=O)N(c2ccc3c(c2)OCCO3)C1. The molecule has 0 aliphatic carbocycles. The van der Waals surface area contributed by atoms with Crippen molar-refractivity contribution in [1.29, 1.82) is 0 Å². The van der Waals surface area contributed by atoms with Crippen molar-refractivity contribution in [2.45, 2.75) is 26.4 Å². The summed E-state index contributed by atoms with van der Waals surface area (Å²) in [7, 11) is 0. The van der Waals surface area contributed by atoms with Gasteiger partial charge in [0.1, 0.15) is 19.8 Å². The lowest BCUT2D eigenvalue weighted by Gasteiger charge is -2.28. The monoisotopic (exact) mass is 400 g/mol. The van der Waals surface area contributed by atoms with Crippen LogP contribution >= 0.6 is 0 Å². The van der Waals surface area contributed by atoms with Crippen LogP contribution in [0.15, 0.2) is 18.2 Å². The summed E-state index contributed by atoms with van der Waals surface area (Å²) in [6, 6.07) is 5.02. The van der Waals surface area contributed by atoms with Gasteiger partial charge in [-0.25, -0.2) is 0 Å². The van der Waals surface area contributed by atoms with E-state index in [-0.39, 0.29) is 31.3 Å². The van der Waals surface area contributed by atoms with Crippen LogP contribution in [0.2, 0.25) is 0 Å². The molecule has 1 saturated heterocycles. The summed E-state index contributed by atoms with van der Waals surface area (Å²) in [4.78, 5) is 27.4. The first kappa shape index (κ1) is 20.3. The molecular formula is C19H23F3N2O4. The molecular weight excluding hydrogens is 377 g/mol. The molecule has 1 fully saturated rings. The average Bonchev–Trinajstić information content (AvgIpc) is 3.00. The van der Waals surface area contributed by atoms with Gasteiger partial charge in [-0.1, -0.05) is 13.8 Å². The minimum atomic E-state index is -4.48. The Labute approximate surface area is 161 Å². The molecule has 2 aliphatic heterocycles. The molecule has 28 heavy (non-hydrogen) atoms. The number of carbonyl (C=O) groups is 2. The first-order valence-electron chi connectivity index (χ1n) is 9.19. The molecule has 154 valence electrons. The minimum absolute atomic E-state index is 0.00689. The van der Waals surface area contributed by atoms with Gasteiger partial charge < -0.3 is 19.3 Å². The summed E-state index contributed by atoms with van der Waals surface area (Å²) >= 11 is 0. The Morgan fingerprint density at radius 3 is 2.57 bits per heavy atom. The molecule has 1 aromatic rings. The van der Waals surface area contributed by atoms with Crippen LogP contribution in [0.4, 0.5) is 18.9 Å². The van der Waals surface area contributed by atoms with Crippen molar-refractivity contribution in [1.82, 2.24) is 4.90 Å². The number of rotatable bonds is 5. The third-order valence-corrected chi connectivity index (χ3v) is 4.58. The second-order valence-corrected chi connectivity index (χ2v) is 7.46. The lowest BCUT2D eigenvalue weighted by Crippen LogP contribution is -2.44. The molecule has 2 aliphatic rings. The Hall–Kier alpha value is -2.45. The van der Waals surface area contributed by atoms with Crippen LogP contribution in [0.3, 0.4) is 0 Å². The maximum Gasteiger partial charge on any atom is 0.406 e. The zero-order valence-corrected chi connectivity index (χ0v) is 15.8. The van der Waals surface area contributed by atoms with Crippen LogP contribution in [0, 0.1) is 11.8 Å². The number of hydrogen-bond acceptors (Lipinski definition) is 4. The van der Waals surface area contributed by atoms with Gasteiger partial charge in [0.05, 0.1) is 5.92 Å². The van der Waals surface area contributed by atoms with E-state index >= 15 is 0 Å². The Balaban J connectivity index is 1.74. The first-order chi connectivity index (χ1) is 13.1. The van der Waals surface area contributed by atoms with E-state index < -0.39 is 24.5 Å². The number of nitrogens with zero attached hydrogens (tertiary/aromatic N) is 2. The molecule has 0 saturated carbocycles. The molecule has 0 N–H and O–H groups in total. The van der Waals surface area contributed by atoms with Gasteiger partial charge in [0.2, 0.25) is 11.8 Å². The fourth-order valence-electron chi connectivity index (χ4n) is 3.47. The molecule has 0 bridgehead atoms. The molecule has 1 unspecified atom stereocenters. The fourth-order valence-corrected chi connectivity index (χ4v) is 3.47. The normalized spacial score (nSPS) is 19.3. The van der Waals surface area contributed by atoms with Crippen molar-refractivity contribution in [3.8, 4) is 11.5 Å². The number of anilines is 1. The van der Waals surface area contributed by atoms with Crippen molar-refractivity contribution in [2.75, 3.05) is 37.7 Å². The van der Waals surface area contributed by atoms with Gasteiger partial charge in [-0.2, -0.15) is 13.2 Å². The van der Waals surface area contributed by atoms with Crippen molar-refractivity contribution >= 4 is 17.5 Å². The smallest absolute Gasteiger partial charge is 0.406 e. The van der Waals surface area contributed by atoms with Crippen LogP contribution < -0.4 is 14.4 Å². The van der Waals surface area contributed by atoms with E-state index in [0.717, 1.165) is 4.90 Å². The Bertz CT molecular complexity index is 751. The molecule has 1 atom stereocenters. The number of halogens is 3. The highest BCUT2D eigenvalue weighted by Crippen LogP contribution is 2.36. The lowest BCUT2D eigenvalue weighted by atomic mass is 10.1. The third kappa shape index (κ3) is 4.69. The van der Waals surface area contributed by atoms with Gasteiger partial charge in [0, 0.05) is 31.3 Å². The average molecular weight is 400 g/mol. The summed E-state index contributed by atoms with van der Waals surface area (Å²) in [5.74, 6) is -0.780. The fraction of sp³-hybridized carbons (Fsp3) is 0.579. The predicted octanol–water partition coefficient (Wildman–Crippen LogP) is 2.86. The van der Waals surface area contributed by atoms with Crippen molar-refractivity contribution in [2.24, 2.45) is 11.8 Å². The molecule has 6 nitrogen and oxygen atoms in total. The van der Waals surface area contributed by atoms with Crippen molar-refractivity contribution < 1.29 is 32.2 Å². The van der Waals surface area contributed by atoms with Gasteiger partial charge >= 0.3 is 6.18 Å². The largest absolute Gasteiger partial charge is 0.486 e. The summed E-state index contributed by atoms with van der Waals surface area (Å²) < 4.78 is 49.6. The van der Waals surface area contributed by atoms with Crippen LogP contribution in [0.1, 0.15) is 20.3 Å². The second kappa shape index (κ2) is 7.89. The third-order valence-electron chi connectivity index (χ3n) is 4.58. The summed E-state index contributed by atoms with van der Waals surface area (Å²) in [5.41, 5.74) is 0.538. The van der Waals surface area contributed by atoms with Crippen LogP contribution in [-0.4, -0.2) is 55.7 Å². The topological polar surface area (TPSA) is 59.1 Å². The zero-order valence-electron chi connectivity index (χ0n) is 15.8. The van der Waals surface area contributed by atoms with Crippen molar-refractivity contribution in [3.05, 3.63) is 18.2 Å². The molecule has 0 spiro atoms. The van der Waals surface area contributed by atoms with Crippen LogP contribution in [0.25, 0.3) is 0 Å². The van der Waals surface area contributed by atoms with E-state index in [1.54, 1.807) is 32.0 Å². The number of carbonyl (C=O) groups excluding carboxylic acids is 2. The van der Waals surface area contributed by atoms with Gasteiger partial charge in [0.15, 0.2) is 11.5 Å². The summed E-state index contributed by atoms with van der Waals surface area (Å²) in [6.45, 7) is 3.06. The minimum Gasteiger partial charge on any atom is -0.486 e. The molecule has 0 radical (unpaired) electrons. The summed E-state index contributed by atoms with van der Waals surface area (Å²) in [6.07, 6.45) is -4.59. The number of fused-ring (bicyclic) bond motifs is 1. The highest BCUT2D eigenvalue weighted by molar-refractivity contribution is 6.00. The van der Waals surface area contributed by atoms with Gasteiger partial charge in [-0.05, 0) is 18.1 Å². The molecule has 2 heterocycles. The van der Waals surface area contributed by atoms with Gasteiger partial charge in [-0.3, -0.25) is 9.59 Å². The van der Waals surface area contributed by atoms with E-state index in [1.165, 1.54) is 4.90 Å². The number of alkyl halides is 3. The van der Waals surface area contributed by atoms with Gasteiger partial charge in [0.25, 0.3) is 0 Å². The van der Waals surface area contributed by atoms with Crippen LogP contribution in [-0.2, 0) is 9.59 Å². The number of ether oxygens (including phenoxy) is 2. The van der Waals surface area contributed by atoms with E-state index in [1.807, 2.05) is 0 Å². The molecule has 1 aromatic carbocycles. The highest BCUT2D eigenvalue weighted by Gasteiger charge is 2.41. The maximum absolute atomic E-state index is 12.9. The van der Waals surface area contributed by atoms with Crippen LogP contribution in [0.5, 0.6) is 11.5 Å². The maximum atomic E-state index is 12.9. The summed E-state index contributed by atoms with van der Waals surface area (Å²) in [5, 5.41) is 0. The van der Waals surface area contributed by atoms with Gasteiger partial charge in [-0.15, -0.1) is 0 Å². The zero-order chi connectivity index (χ0) is 20.5. The number of benzene rings is 1. The van der Waals surface area contributed by atoms with E-state index in [0.29, 0.717) is 30.4 Å². The quantitative estimate of drug-likeness (QED) is 0.763. The van der Waals surface area contributed by atoms with Crippen molar-refractivity contribution in [3.63, 3.8) is 0 Å². The molecule has 2 amide bonds. The van der Waals surface area contributed by atoms with E-state index in [9.17, 15) is 22.8 Å². The predicted molar refractivity (Wildman–Crippen MR) is 95.4 cm³/mol. The molecule has 9 heteroatoms. The second-order valence-electron chi connectivity index (χ2n) is 7.46. The first-order valence-corrected chi connectivity index (χ1v) is 9.19. The Morgan fingerprint density at radius 2 is 1.93 bits per heavy atom. The van der Waals surface area contributed by atoms with E-state index in [4.69, 9.17) is 9.47 Å². The standard InChI is InChI=1S/C19H23F3N2O4/c1-12(2)9-23(11-19(20,21)22)18(26)13-7-17(25)24(10-13)14-3-4-15-16(8-14)28-6-5-27-15/h3-4,8,12-13H,5-7,9-11H2,1-2H3.